The number of aryl methyl sites for hydroxylation is 2. The van der Waals surface area contributed by atoms with E-state index >= 15 is 0 Å². The summed E-state index contributed by atoms with van der Waals surface area (Å²) in [6, 6.07) is 18.8. The summed E-state index contributed by atoms with van der Waals surface area (Å²) in [5.41, 5.74) is 3.83. The van der Waals surface area contributed by atoms with Gasteiger partial charge in [-0.2, -0.15) is 0 Å². The van der Waals surface area contributed by atoms with Gasteiger partial charge in [-0.15, -0.1) is 10.2 Å². The highest BCUT2D eigenvalue weighted by Crippen LogP contribution is 2.27. The van der Waals surface area contributed by atoms with Gasteiger partial charge in [-0.05, 0) is 61.7 Å². The van der Waals surface area contributed by atoms with Crippen molar-refractivity contribution in [3.63, 3.8) is 0 Å². The molecule has 0 saturated heterocycles. The second kappa shape index (κ2) is 10.3. The normalized spacial score (nSPS) is 12.1. The lowest BCUT2D eigenvalue weighted by Crippen LogP contribution is -2.37. The molecule has 1 atom stereocenters. The number of furan rings is 1. The summed E-state index contributed by atoms with van der Waals surface area (Å²) in [6.45, 7) is 7.10. The van der Waals surface area contributed by atoms with E-state index in [0.717, 1.165) is 28.8 Å². The van der Waals surface area contributed by atoms with Crippen LogP contribution in [0.4, 0.5) is 5.69 Å². The Morgan fingerprint density at radius 3 is 2.61 bits per heavy atom. The van der Waals surface area contributed by atoms with Crippen LogP contribution in [0.25, 0.3) is 11.7 Å². The molecule has 2 aromatic heterocycles. The van der Waals surface area contributed by atoms with E-state index in [-0.39, 0.29) is 5.91 Å². The Kier molecular flexibility index (Phi) is 7.00. The number of nitrogens with one attached hydrogen (secondary N) is 1. The van der Waals surface area contributed by atoms with Crippen molar-refractivity contribution in [1.82, 2.24) is 15.1 Å². The third-order valence-electron chi connectivity index (χ3n) is 5.43. The number of benzene rings is 2. The highest BCUT2D eigenvalue weighted by molar-refractivity contribution is 5.96. The van der Waals surface area contributed by atoms with Crippen molar-refractivity contribution in [3.8, 4) is 11.7 Å². The van der Waals surface area contributed by atoms with Crippen LogP contribution in [-0.2, 0) is 11.3 Å². The zero-order valence-electron chi connectivity index (χ0n) is 19.1. The molecule has 7 heteroatoms. The van der Waals surface area contributed by atoms with Gasteiger partial charge in [-0.25, -0.2) is 0 Å². The molecule has 0 spiro atoms. The number of amides is 1. The number of aromatic nitrogens is 2. The largest absolute Gasteiger partial charge is 0.459 e. The molecule has 2 heterocycles. The smallest absolute Gasteiger partial charge is 0.283 e. The topological polar surface area (TPSA) is 84.4 Å². The highest BCUT2D eigenvalue weighted by Gasteiger charge is 2.29. The van der Waals surface area contributed by atoms with Gasteiger partial charge in [0.2, 0.25) is 11.8 Å². The summed E-state index contributed by atoms with van der Waals surface area (Å²) in [5, 5.41) is 11.4. The molecule has 4 aromatic rings. The van der Waals surface area contributed by atoms with E-state index in [1.54, 1.807) is 18.4 Å². The minimum absolute atomic E-state index is 0.103. The quantitative estimate of drug-likeness (QED) is 0.365. The molecule has 0 aliphatic heterocycles. The molecule has 1 N–H and O–H groups in total. The molecule has 2 aromatic carbocycles. The third kappa shape index (κ3) is 5.38. The zero-order chi connectivity index (χ0) is 23.2. The van der Waals surface area contributed by atoms with Crippen molar-refractivity contribution in [2.45, 2.75) is 39.8 Å². The van der Waals surface area contributed by atoms with Gasteiger partial charge in [-0.1, -0.05) is 49.4 Å². The standard InChI is InChI=1S/C26H28N4O3/c1-4-14-30(17-23-28-29-26(33-23)22-11-8-15-32-22)24(20-9-6-5-7-10-20)25(31)27-21-16-18(2)12-13-19(21)3/h5-13,15-16,24H,4,14,17H2,1-3H3,(H,27,31)/t24-/m0/s1. The van der Waals surface area contributed by atoms with E-state index < -0.39 is 6.04 Å². The minimum Gasteiger partial charge on any atom is -0.459 e. The molecule has 0 unspecified atom stereocenters. The molecular formula is C26H28N4O3. The number of hydrogen-bond donors (Lipinski definition) is 1. The van der Waals surface area contributed by atoms with E-state index in [2.05, 4.69) is 27.3 Å². The van der Waals surface area contributed by atoms with E-state index in [1.165, 1.54) is 0 Å². The first kappa shape index (κ1) is 22.5. The summed E-state index contributed by atoms with van der Waals surface area (Å²) in [5.74, 6) is 1.16. The molecular weight excluding hydrogens is 416 g/mol. The highest BCUT2D eigenvalue weighted by atomic mass is 16.4. The maximum atomic E-state index is 13.6. The monoisotopic (exact) mass is 444 g/mol. The van der Waals surface area contributed by atoms with E-state index in [1.807, 2.05) is 62.4 Å². The van der Waals surface area contributed by atoms with E-state index in [9.17, 15) is 4.79 Å². The van der Waals surface area contributed by atoms with Crippen molar-refractivity contribution in [2.24, 2.45) is 0 Å². The Hall–Kier alpha value is -3.71. The predicted octanol–water partition coefficient (Wildman–Crippen LogP) is 5.54. The Balaban J connectivity index is 1.63. The maximum Gasteiger partial charge on any atom is 0.283 e. The fraction of sp³-hybridized carbons (Fsp3) is 0.269. The first-order valence-corrected chi connectivity index (χ1v) is 11.1. The summed E-state index contributed by atoms with van der Waals surface area (Å²) < 4.78 is 11.2. The number of carbonyl (C=O) groups is 1. The fourth-order valence-corrected chi connectivity index (χ4v) is 3.81. The second-order valence-electron chi connectivity index (χ2n) is 8.07. The second-order valence-corrected chi connectivity index (χ2v) is 8.07. The summed E-state index contributed by atoms with van der Waals surface area (Å²) in [6.07, 6.45) is 2.42. The number of anilines is 1. The molecule has 170 valence electrons. The summed E-state index contributed by atoms with van der Waals surface area (Å²) in [4.78, 5) is 15.7. The third-order valence-corrected chi connectivity index (χ3v) is 5.43. The van der Waals surface area contributed by atoms with Crippen LogP contribution >= 0.6 is 0 Å². The van der Waals surface area contributed by atoms with E-state index in [4.69, 9.17) is 8.83 Å². The van der Waals surface area contributed by atoms with Gasteiger partial charge in [-0.3, -0.25) is 9.69 Å². The van der Waals surface area contributed by atoms with Crippen molar-refractivity contribution in [1.29, 1.82) is 0 Å². The molecule has 4 rings (SSSR count). The maximum absolute atomic E-state index is 13.6. The molecule has 0 saturated carbocycles. The van der Waals surface area contributed by atoms with Gasteiger partial charge in [0.1, 0.15) is 6.04 Å². The van der Waals surface area contributed by atoms with Crippen LogP contribution in [0.3, 0.4) is 0 Å². The van der Waals surface area contributed by atoms with Gasteiger partial charge in [0.25, 0.3) is 5.89 Å². The first-order chi connectivity index (χ1) is 16.0. The molecule has 0 bridgehead atoms. The lowest BCUT2D eigenvalue weighted by Gasteiger charge is -2.30. The van der Waals surface area contributed by atoms with Crippen LogP contribution in [0.15, 0.2) is 75.8 Å². The summed E-state index contributed by atoms with van der Waals surface area (Å²) in [7, 11) is 0. The van der Waals surface area contributed by atoms with Crippen LogP contribution in [0.5, 0.6) is 0 Å². The average Bonchev–Trinajstić information content (AvgIpc) is 3.49. The molecule has 0 fully saturated rings. The van der Waals surface area contributed by atoms with Gasteiger partial charge in [0.15, 0.2) is 5.76 Å². The Morgan fingerprint density at radius 1 is 1.06 bits per heavy atom. The zero-order valence-corrected chi connectivity index (χ0v) is 19.1. The Bertz CT molecular complexity index is 1190. The molecule has 0 aliphatic carbocycles. The van der Waals surface area contributed by atoms with Crippen molar-refractivity contribution in [2.75, 3.05) is 11.9 Å². The SMILES string of the molecule is CCCN(Cc1nnc(-c2ccco2)o1)[C@H](C(=O)Nc1cc(C)ccc1C)c1ccccc1. The van der Waals surface area contributed by atoms with Gasteiger partial charge >= 0.3 is 0 Å². The van der Waals surface area contributed by atoms with Crippen LogP contribution < -0.4 is 5.32 Å². The summed E-state index contributed by atoms with van der Waals surface area (Å²) >= 11 is 0. The van der Waals surface area contributed by atoms with Crippen LogP contribution in [0.2, 0.25) is 0 Å². The Labute approximate surface area is 193 Å². The fourth-order valence-electron chi connectivity index (χ4n) is 3.81. The molecule has 7 nitrogen and oxygen atoms in total. The minimum atomic E-state index is -0.523. The van der Waals surface area contributed by atoms with Gasteiger partial charge in [0, 0.05) is 5.69 Å². The molecule has 0 aliphatic rings. The van der Waals surface area contributed by atoms with E-state index in [0.29, 0.717) is 30.6 Å². The first-order valence-electron chi connectivity index (χ1n) is 11.1. The number of carbonyl (C=O) groups excluding carboxylic acids is 1. The predicted molar refractivity (Wildman–Crippen MR) is 126 cm³/mol. The molecule has 1 amide bonds. The van der Waals surface area contributed by atoms with Gasteiger partial charge < -0.3 is 14.2 Å². The van der Waals surface area contributed by atoms with Crippen LogP contribution in [0, 0.1) is 13.8 Å². The number of hydrogen-bond acceptors (Lipinski definition) is 6. The Morgan fingerprint density at radius 2 is 1.88 bits per heavy atom. The molecule has 0 radical (unpaired) electrons. The van der Waals surface area contributed by atoms with Gasteiger partial charge in [0.05, 0.1) is 12.8 Å². The molecule has 33 heavy (non-hydrogen) atoms. The lowest BCUT2D eigenvalue weighted by atomic mass is 10.0. The lowest BCUT2D eigenvalue weighted by molar-refractivity contribution is -0.122. The van der Waals surface area contributed by atoms with Crippen LogP contribution in [-0.4, -0.2) is 27.5 Å². The van der Waals surface area contributed by atoms with Crippen molar-refractivity contribution >= 4 is 11.6 Å². The van der Waals surface area contributed by atoms with Crippen molar-refractivity contribution < 1.29 is 13.6 Å². The average molecular weight is 445 g/mol. The van der Waals surface area contributed by atoms with Crippen LogP contribution in [0.1, 0.15) is 42.0 Å². The number of nitrogens with zero attached hydrogens (tertiary/aromatic N) is 3. The van der Waals surface area contributed by atoms with Crippen molar-refractivity contribution in [3.05, 3.63) is 89.5 Å². The number of rotatable bonds is 9.